The van der Waals surface area contributed by atoms with E-state index >= 15 is 0 Å². The van der Waals surface area contributed by atoms with Crippen molar-refractivity contribution in [3.05, 3.63) is 24.8 Å². The second-order valence-corrected chi connectivity index (χ2v) is 3.90. The second-order valence-electron chi connectivity index (χ2n) is 3.90. The molecule has 3 heteroatoms. The quantitative estimate of drug-likeness (QED) is 0.670. The molecule has 15 heavy (non-hydrogen) atoms. The Morgan fingerprint density at radius 1 is 1.67 bits per heavy atom. The highest BCUT2D eigenvalue weighted by Crippen LogP contribution is 2.10. The van der Waals surface area contributed by atoms with E-state index in [2.05, 4.69) is 29.4 Å². The van der Waals surface area contributed by atoms with Crippen LogP contribution < -0.4 is 10.6 Å². The summed E-state index contributed by atoms with van der Waals surface area (Å²) in [7, 11) is 0. The Morgan fingerprint density at radius 2 is 2.47 bits per heavy atom. The Hall–Kier alpha value is -1.09. The molecule has 0 aliphatic heterocycles. The van der Waals surface area contributed by atoms with Crippen LogP contribution in [0.1, 0.15) is 26.2 Å². The van der Waals surface area contributed by atoms with E-state index in [9.17, 15) is 4.79 Å². The third-order valence-corrected chi connectivity index (χ3v) is 2.57. The predicted octanol–water partition coefficient (Wildman–Crippen LogP) is 1.38. The molecule has 1 aliphatic carbocycles. The molecule has 2 unspecified atom stereocenters. The van der Waals surface area contributed by atoms with Gasteiger partial charge in [-0.1, -0.05) is 18.2 Å². The highest BCUT2D eigenvalue weighted by molar-refractivity contribution is 5.81. The van der Waals surface area contributed by atoms with Crippen LogP contribution >= 0.6 is 0 Å². The van der Waals surface area contributed by atoms with Gasteiger partial charge in [0.2, 0.25) is 5.91 Å². The standard InChI is InChI=1S/C12H20N2O/c1-3-9-13-12(15)10(2)14-11-7-5-4-6-8-11/h3-5,10-11,14H,1,6-9H2,2H3,(H,13,15). The molecule has 1 amide bonds. The van der Waals surface area contributed by atoms with Crippen molar-refractivity contribution in [3.8, 4) is 0 Å². The number of amides is 1. The lowest BCUT2D eigenvalue weighted by Crippen LogP contribution is -2.46. The minimum atomic E-state index is -0.124. The van der Waals surface area contributed by atoms with Gasteiger partial charge in [-0.3, -0.25) is 4.79 Å². The first-order valence-electron chi connectivity index (χ1n) is 5.53. The maximum atomic E-state index is 11.5. The zero-order valence-electron chi connectivity index (χ0n) is 9.33. The van der Waals surface area contributed by atoms with Crippen molar-refractivity contribution >= 4 is 5.91 Å². The molecule has 0 aromatic carbocycles. The number of carbonyl (C=O) groups is 1. The fourth-order valence-electron chi connectivity index (χ4n) is 1.70. The van der Waals surface area contributed by atoms with Crippen LogP contribution in [0.2, 0.25) is 0 Å². The van der Waals surface area contributed by atoms with Gasteiger partial charge in [-0.15, -0.1) is 6.58 Å². The van der Waals surface area contributed by atoms with E-state index in [1.54, 1.807) is 6.08 Å². The monoisotopic (exact) mass is 208 g/mol. The van der Waals surface area contributed by atoms with Gasteiger partial charge in [0.15, 0.2) is 0 Å². The van der Waals surface area contributed by atoms with E-state index in [-0.39, 0.29) is 11.9 Å². The van der Waals surface area contributed by atoms with E-state index in [0.29, 0.717) is 12.6 Å². The van der Waals surface area contributed by atoms with E-state index in [1.165, 1.54) is 0 Å². The SMILES string of the molecule is C=CCNC(=O)C(C)NC1CC=CCC1. The lowest BCUT2D eigenvalue weighted by atomic mass is 10.0. The van der Waals surface area contributed by atoms with Crippen molar-refractivity contribution < 1.29 is 4.79 Å². The van der Waals surface area contributed by atoms with Crippen LogP contribution in [0, 0.1) is 0 Å². The van der Waals surface area contributed by atoms with Gasteiger partial charge < -0.3 is 10.6 Å². The Kier molecular flexibility index (Phi) is 5.12. The van der Waals surface area contributed by atoms with Crippen LogP contribution in [0.3, 0.4) is 0 Å². The fraction of sp³-hybridized carbons (Fsp3) is 0.583. The Bertz CT molecular complexity index is 248. The third kappa shape index (κ3) is 4.30. The Labute approximate surface area is 91.6 Å². The summed E-state index contributed by atoms with van der Waals surface area (Å²) < 4.78 is 0. The lowest BCUT2D eigenvalue weighted by Gasteiger charge is -2.23. The topological polar surface area (TPSA) is 41.1 Å². The molecule has 0 aromatic rings. The van der Waals surface area contributed by atoms with Crippen LogP contribution in [-0.2, 0) is 4.79 Å². The summed E-state index contributed by atoms with van der Waals surface area (Å²) in [6.07, 6.45) is 9.32. The molecule has 1 aliphatic rings. The summed E-state index contributed by atoms with van der Waals surface area (Å²) in [5.41, 5.74) is 0. The largest absolute Gasteiger partial charge is 0.351 e. The van der Waals surface area contributed by atoms with Crippen LogP contribution in [0.4, 0.5) is 0 Å². The molecule has 2 N–H and O–H groups in total. The highest BCUT2D eigenvalue weighted by Gasteiger charge is 2.17. The molecule has 84 valence electrons. The number of nitrogens with one attached hydrogen (secondary N) is 2. The molecule has 0 saturated heterocycles. The zero-order valence-corrected chi connectivity index (χ0v) is 9.33. The molecule has 0 bridgehead atoms. The molecule has 0 spiro atoms. The van der Waals surface area contributed by atoms with Gasteiger partial charge in [-0.2, -0.15) is 0 Å². The average Bonchev–Trinajstić information content (AvgIpc) is 2.27. The van der Waals surface area contributed by atoms with E-state index in [4.69, 9.17) is 0 Å². The molecule has 0 saturated carbocycles. The first-order valence-corrected chi connectivity index (χ1v) is 5.53. The minimum Gasteiger partial charge on any atom is -0.351 e. The summed E-state index contributed by atoms with van der Waals surface area (Å²) in [4.78, 5) is 11.5. The van der Waals surface area contributed by atoms with Crippen molar-refractivity contribution in [2.24, 2.45) is 0 Å². The van der Waals surface area contributed by atoms with Gasteiger partial charge in [0.25, 0.3) is 0 Å². The predicted molar refractivity (Wildman–Crippen MR) is 62.6 cm³/mol. The van der Waals surface area contributed by atoms with Gasteiger partial charge in [-0.25, -0.2) is 0 Å². The van der Waals surface area contributed by atoms with Gasteiger partial charge in [-0.05, 0) is 26.2 Å². The molecule has 0 fully saturated rings. The summed E-state index contributed by atoms with van der Waals surface area (Å²) in [5, 5.41) is 6.11. The number of hydrogen-bond donors (Lipinski definition) is 2. The Balaban J connectivity index is 2.27. The first kappa shape index (κ1) is 12.0. The van der Waals surface area contributed by atoms with Crippen molar-refractivity contribution in [2.75, 3.05) is 6.54 Å². The normalized spacial score (nSPS) is 22.1. The van der Waals surface area contributed by atoms with Crippen LogP contribution in [0.25, 0.3) is 0 Å². The average molecular weight is 208 g/mol. The summed E-state index contributed by atoms with van der Waals surface area (Å²) in [6, 6.07) is 0.320. The number of allylic oxidation sites excluding steroid dienone is 1. The summed E-state index contributed by atoms with van der Waals surface area (Å²) in [5.74, 6) is 0.0458. The number of rotatable bonds is 5. The lowest BCUT2D eigenvalue weighted by molar-refractivity contribution is -0.122. The van der Waals surface area contributed by atoms with Crippen molar-refractivity contribution in [1.29, 1.82) is 0 Å². The molecule has 0 aromatic heterocycles. The summed E-state index contributed by atoms with van der Waals surface area (Å²) in [6.45, 7) is 6.00. The minimum absolute atomic E-state index is 0.0458. The Morgan fingerprint density at radius 3 is 3.07 bits per heavy atom. The summed E-state index contributed by atoms with van der Waals surface area (Å²) >= 11 is 0. The first-order chi connectivity index (χ1) is 7.24. The van der Waals surface area contributed by atoms with E-state index in [1.807, 2.05) is 6.92 Å². The van der Waals surface area contributed by atoms with Gasteiger partial charge >= 0.3 is 0 Å². The molecular formula is C12H20N2O. The van der Waals surface area contributed by atoms with Crippen LogP contribution in [-0.4, -0.2) is 24.5 Å². The van der Waals surface area contributed by atoms with Crippen LogP contribution in [0.15, 0.2) is 24.8 Å². The maximum Gasteiger partial charge on any atom is 0.237 e. The molecular weight excluding hydrogens is 188 g/mol. The number of hydrogen-bond acceptors (Lipinski definition) is 2. The van der Waals surface area contributed by atoms with Crippen LogP contribution in [0.5, 0.6) is 0 Å². The highest BCUT2D eigenvalue weighted by atomic mass is 16.2. The molecule has 0 heterocycles. The van der Waals surface area contributed by atoms with Crippen molar-refractivity contribution in [2.45, 2.75) is 38.3 Å². The van der Waals surface area contributed by atoms with E-state index < -0.39 is 0 Å². The number of carbonyl (C=O) groups excluding carboxylic acids is 1. The van der Waals surface area contributed by atoms with Gasteiger partial charge in [0, 0.05) is 12.6 Å². The second kappa shape index (κ2) is 6.40. The third-order valence-electron chi connectivity index (χ3n) is 2.57. The van der Waals surface area contributed by atoms with Gasteiger partial charge in [0.05, 0.1) is 6.04 Å². The maximum absolute atomic E-state index is 11.5. The molecule has 0 radical (unpaired) electrons. The zero-order chi connectivity index (χ0) is 11.1. The van der Waals surface area contributed by atoms with Crippen molar-refractivity contribution in [1.82, 2.24) is 10.6 Å². The molecule has 2 atom stereocenters. The van der Waals surface area contributed by atoms with Crippen molar-refractivity contribution in [3.63, 3.8) is 0 Å². The molecule has 1 rings (SSSR count). The van der Waals surface area contributed by atoms with E-state index in [0.717, 1.165) is 19.3 Å². The fourth-order valence-corrected chi connectivity index (χ4v) is 1.70. The van der Waals surface area contributed by atoms with Gasteiger partial charge in [0.1, 0.15) is 0 Å². The molecule has 3 nitrogen and oxygen atoms in total. The smallest absolute Gasteiger partial charge is 0.237 e.